The van der Waals surface area contributed by atoms with Crippen LogP contribution in [-0.2, 0) is 12.1 Å². The van der Waals surface area contributed by atoms with Crippen LogP contribution in [-0.4, -0.2) is 9.67 Å². The lowest BCUT2D eigenvalue weighted by atomic mass is 9.98. The summed E-state index contributed by atoms with van der Waals surface area (Å²) in [6, 6.07) is 11.7. The third-order valence-electron chi connectivity index (χ3n) is 3.50. The predicted octanol–water partition coefficient (Wildman–Crippen LogP) is 3.07. The van der Waals surface area contributed by atoms with E-state index in [2.05, 4.69) is 0 Å². The van der Waals surface area contributed by atoms with Gasteiger partial charge in [0, 0.05) is 12.1 Å². The molecular weight excluding hydrogens is 250 g/mol. The zero-order valence-electron chi connectivity index (χ0n) is 12.5. The van der Waals surface area contributed by atoms with Crippen molar-refractivity contribution in [1.29, 1.82) is 0 Å². The first kappa shape index (κ1) is 14.5. The number of aliphatic hydroxyl groups is 1. The van der Waals surface area contributed by atoms with E-state index in [9.17, 15) is 9.90 Å². The van der Waals surface area contributed by atoms with Gasteiger partial charge in [0.2, 0.25) is 0 Å². The minimum atomic E-state index is -1.13. The van der Waals surface area contributed by atoms with Gasteiger partial charge in [0.15, 0.2) is 0 Å². The third-order valence-corrected chi connectivity index (χ3v) is 3.50. The number of nitrogens with zero attached hydrogens (tertiary/aromatic N) is 1. The van der Waals surface area contributed by atoms with Crippen molar-refractivity contribution in [2.75, 3.05) is 0 Å². The highest BCUT2D eigenvalue weighted by atomic mass is 16.3. The Morgan fingerprint density at radius 2 is 1.70 bits per heavy atom. The number of benzene rings is 1. The topological polar surface area (TPSA) is 42.2 Å². The van der Waals surface area contributed by atoms with E-state index < -0.39 is 5.60 Å². The van der Waals surface area contributed by atoms with Crippen molar-refractivity contribution in [3.8, 4) is 11.3 Å². The Hall–Kier alpha value is -1.87. The van der Waals surface area contributed by atoms with Crippen LogP contribution in [0, 0.1) is 6.92 Å². The van der Waals surface area contributed by atoms with Crippen LogP contribution in [0.1, 0.15) is 31.9 Å². The summed E-state index contributed by atoms with van der Waals surface area (Å²) < 4.78 is 1.71. The lowest BCUT2D eigenvalue weighted by Crippen LogP contribution is -2.32. The third kappa shape index (κ3) is 2.68. The van der Waals surface area contributed by atoms with Crippen LogP contribution in [0.25, 0.3) is 11.3 Å². The molecule has 0 bridgehead atoms. The van der Waals surface area contributed by atoms with Gasteiger partial charge in [-0.3, -0.25) is 4.79 Å². The largest absolute Gasteiger partial charge is 0.386 e. The number of hydrogen-bond acceptors (Lipinski definition) is 2. The molecule has 1 N–H and O–H groups in total. The zero-order valence-corrected chi connectivity index (χ0v) is 12.5. The van der Waals surface area contributed by atoms with Gasteiger partial charge < -0.3 is 9.67 Å². The quantitative estimate of drug-likeness (QED) is 0.932. The van der Waals surface area contributed by atoms with Crippen molar-refractivity contribution >= 4 is 0 Å². The van der Waals surface area contributed by atoms with Crippen molar-refractivity contribution in [2.45, 2.75) is 39.8 Å². The van der Waals surface area contributed by atoms with Crippen LogP contribution in [0.4, 0.5) is 0 Å². The Morgan fingerprint density at radius 3 is 2.20 bits per heavy atom. The molecule has 0 aliphatic carbocycles. The van der Waals surface area contributed by atoms with Gasteiger partial charge in [-0.05, 0) is 45.4 Å². The summed E-state index contributed by atoms with van der Waals surface area (Å²) in [6.45, 7) is 7.82. The van der Waals surface area contributed by atoms with Crippen LogP contribution in [0.15, 0.2) is 41.2 Å². The molecule has 0 aliphatic rings. The first-order chi connectivity index (χ1) is 9.34. The van der Waals surface area contributed by atoms with Crippen LogP contribution >= 0.6 is 0 Å². The second-order valence-electron chi connectivity index (χ2n) is 5.61. The van der Waals surface area contributed by atoms with Crippen molar-refractivity contribution in [1.82, 2.24) is 4.57 Å². The van der Waals surface area contributed by atoms with Gasteiger partial charge in [-0.1, -0.05) is 29.8 Å². The van der Waals surface area contributed by atoms with Gasteiger partial charge in [0.1, 0.15) is 0 Å². The molecule has 0 amide bonds. The maximum Gasteiger partial charge on any atom is 0.257 e. The molecule has 0 aliphatic heterocycles. The SMILES string of the molecule is CCn1c(-c2ccc(C)cc2)ccc(C(C)(C)O)c1=O. The Labute approximate surface area is 119 Å². The first-order valence-electron chi connectivity index (χ1n) is 6.88. The van der Waals surface area contributed by atoms with E-state index in [4.69, 9.17) is 0 Å². The standard InChI is InChI=1S/C17H21NO2/c1-5-18-15(13-8-6-12(2)7-9-13)11-10-14(16(18)19)17(3,4)20/h6-11,20H,5H2,1-4H3. The van der Waals surface area contributed by atoms with Crippen molar-refractivity contribution in [3.05, 3.63) is 57.9 Å². The molecule has 3 nitrogen and oxygen atoms in total. The Balaban J connectivity index is 2.65. The zero-order chi connectivity index (χ0) is 14.9. The van der Waals surface area contributed by atoms with Gasteiger partial charge in [-0.25, -0.2) is 0 Å². The van der Waals surface area contributed by atoms with E-state index in [1.165, 1.54) is 5.56 Å². The molecular formula is C17H21NO2. The predicted molar refractivity (Wildman–Crippen MR) is 81.8 cm³/mol. The number of aryl methyl sites for hydroxylation is 1. The van der Waals surface area contributed by atoms with E-state index >= 15 is 0 Å². The molecule has 3 heteroatoms. The maximum atomic E-state index is 12.5. The summed E-state index contributed by atoms with van der Waals surface area (Å²) in [4.78, 5) is 12.5. The Kier molecular flexibility index (Phi) is 3.82. The van der Waals surface area contributed by atoms with Crippen LogP contribution in [0.3, 0.4) is 0 Å². The normalized spacial score (nSPS) is 11.7. The highest BCUT2D eigenvalue weighted by molar-refractivity contribution is 5.60. The van der Waals surface area contributed by atoms with Crippen molar-refractivity contribution in [3.63, 3.8) is 0 Å². The molecule has 0 spiro atoms. The van der Waals surface area contributed by atoms with Crippen LogP contribution in [0.2, 0.25) is 0 Å². The van der Waals surface area contributed by atoms with Crippen molar-refractivity contribution in [2.24, 2.45) is 0 Å². The highest BCUT2D eigenvalue weighted by Crippen LogP contribution is 2.22. The van der Waals surface area contributed by atoms with Gasteiger partial charge in [-0.2, -0.15) is 0 Å². The molecule has 20 heavy (non-hydrogen) atoms. The molecule has 0 saturated carbocycles. The second kappa shape index (κ2) is 5.25. The molecule has 2 aromatic rings. The summed E-state index contributed by atoms with van der Waals surface area (Å²) in [5, 5.41) is 10.1. The molecule has 106 valence electrons. The fourth-order valence-corrected chi connectivity index (χ4v) is 2.33. The molecule has 0 radical (unpaired) electrons. The van der Waals surface area contributed by atoms with Crippen LogP contribution < -0.4 is 5.56 Å². The summed E-state index contributed by atoms with van der Waals surface area (Å²) in [5.41, 5.74) is 2.25. The van der Waals surface area contributed by atoms with E-state index in [0.29, 0.717) is 12.1 Å². The monoisotopic (exact) mass is 271 g/mol. The van der Waals surface area contributed by atoms with Crippen LogP contribution in [0.5, 0.6) is 0 Å². The second-order valence-corrected chi connectivity index (χ2v) is 5.61. The Bertz CT molecular complexity index is 661. The minimum absolute atomic E-state index is 0.127. The van der Waals surface area contributed by atoms with E-state index in [0.717, 1.165) is 11.3 Å². The summed E-state index contributed by atoms with van der Waals surface area (Å²) in [7, 11) is 0. The molecule has 1 aromatic carbocycles. The lowest BCUT2D eigenvalue weighted by Gasteiger charge is -2.20. The molecule has 0 atom stereocenters. The smallest absolute Gasteiger partial charge is 0.257 e. The van der Waals surface area contributed by atoms with E-state index in [1.807, 2.05) is 44.2 Å². The highest BCUT2D eigenvalue weighted by Gasteiger charge is 2.22. The molecule has 1 heterocycles. The lowest BCUT2D eigenvalue weighted by molar-refractivity contribution is 0.0765. The van der Waals surface area contributed by atoms with E-state index in [1.54, 1.807) is 24.5 Å². The molecule has 0 saturated heterocycles. The maximum absolute atomic E-state index is 12.5. The summed E-state index contributed by atoms with van der Waals surface area (Å²) in [5.74, 6) is 0. The number of hydrogen-bond donors (Lipinski definition) is 1. The molecule has 2 rings (SSSR count). The van der Waals surface area contributed by atoms with Gasteiger partial charge >= 0.3 is 0 Å². The Morgan fingerprint density at radius 1 is 1.10 bits per heavy atom. The van der Waals surface area contributed by atoms with Gasteiger partial charge in [-0.15, -0.1) is 0 Å². The summed E-state index contributed by atoms with van der Waals surface area (Å²) >= 11 is 0. The fourth-order valence-electron chi connectivity index (χ4n) is 2.33. The fraction of sp³-hybridized carbons (Fsp3) is 0.353. The summed E-state index contributed by atoms with van der Waals surface area (Å²) in [6.07, 6.45) is 0. The molecule has 1 aromatic heterocycles. The first-order valence-corrected chi connectivity index (χ1v) is 6.88. The number of rotatable bonds is 3. The molecule has 0 unspecified atom stereocenters. The molecule has 0 fully saturated rings. The van der Waals surface area contributed by atoms with E-state index in [-0.39, 0.29) is 5.56 Å². The minimum Gasteiger partial charge on any atom is -0.386 e. The van der Waals surface area contributed by atoms with Gasteiger partial charge in [0.25, 0.3) is 5.56 Å². The average molecular weight is 271 g/mol. The van der Waals surface area contributed by atoms with Gasteiger partial charge in [0.05, 0.1) is 11.3 Å². The van der Waals surface area contributed by atoms with Crippen molar-refractivity contribution < 1.29 is 5.11 Å². The average Bonchev–Trinajstić information content (AvgIpc) is 2.37. The number of pyridine rings is 1. The number of aromatic nitrogens is 1.